The summed E-state index contributed by atoms with van der Waals surface area (Å²) in [7, 11) is 0. The summed E-state index contributed by atoms with van der Waals surface area (Å²) in [5.41, 5.74) is 0.998. The Balaban J connectivity index is 1.56. The fourth-order valence-corrected chi connectivity index (χ4v) is 5.31. The van der Waals surface area contributed by atoms with E-state index in [-0.39, 0.29) is 44.4 Å². The van der Waals surface area contributed by atoms with Crippen LogP contribution in [0.1, 0.15) is 33.6 Å². The Labute approximate surface area is 195 Å². The second-order valence-electron chi connectivity index (χ2n) is 7.62. The van der Waals surface area contributed by atoms with Gasteiger partial charge in [0.25, 0.3) is 5.91 Å². The number of amides is 3. The summed E-state index contributed by atoms with van der Waals surface area (Å²) in [6.07, 6.45) is 1.14. The zero-order valence-electron chi connectivity index (χ0n) is 16.1. The van der Waals surface area contributed by atoms with Gasteiger partial charge in [0.05, 0.1) is 23.1 Å². The van der Waals surface area contributed by atoms with Gasteiger partial charge in [0, 0.05) is 20.9 Å². The Bertz CT molecular complexity index is 1060. The van der Waals surface area contributed by atoms with E-state index in [0.717, 1.165) is 0 Å². The number of aromatic carboxylic acids is 1. The Hall–Kier alpha value is -2.52. The maximum Gasteiger partial charge on any atom is 0.335 e. The van der Waals surface area contributed by atoms with Crippen LogP contribution in [0.3, 0.4) is 0 Å². The summed E-state index contributed by atoms with van der Waals surface area (Å²) in [5, 5.41) is 11.8. The molecule has 0 spiro atoms. The highest BCUT2D eigenvalue weighted by Crippen LogP contribution is 2.44. The first kappa shape index (κ1) is 21.7. The lowest BCUT2D eigenvalue weighted by Crippen LogP contribution is -2.34. The minimum absolute atomic E-state index is 0.0533. The molecule has 0 aromatic heterocycles. The average Bonchev–Trinajstić information content (AvgIpc) is 2.98. The van der Waals surface area contributed by atoms with Crippen LogP contribution in [0.4, 0.5) is 11.4 Å². The van der Waals surface area contributed by atoms with E-state index in [4.69, 9.17) is 5.11 Å². The molecule has 1 saturated heterocycles. The number of fused-ring (bicyclic) bond motifs is 1. The largest absolute Gasteiger partial charge is 0.478 e. The van der Waals surface area contributed by atoms with Gasteiger partial charge in [0.1, 0.15) is 0 Å². The summed E-state index contributed by atoms with van der Waals surface area (Å²) in [6.45, 7) is 0. The Morgan fingerprint density at radius 3 is 2.10 bits per heavy atom. The monoisotopic (exact) mass is 548 g/mol. The quantitative estimate of drug-likeness (QED) is 0.442. The lowest BCUT2D eigenvalue weighted by molar-refractivity contribution is -0.122. The maximum atomic E-state index is 13.0. The molecule has 0 bridgehead atoms. The number of nitrogens with one attached hydrogen (secondary N) is 1. The van der Waals surface area contributed by atoms with Gasteiger partial charge in [-0.1, -0.05) is 44.0 Å². The van der Waals surface area contributed by atoms with Crippen LogP contribution in [0.5, 0.6) is 0 Å². The van der Waals surface area contributed by atoms with E-state index in [2.05, 4.69) is 37.2 Å². The summed E-state index contributed by atoms with van der Waals surface area (Å²) in [5.74, 6) is -2.80. The Kier molecular flexibility index (Phi) is 5.98. The molecule has 1 heterocycles. The molecule has 1 aliphatic carbocycles. The molecule has 1 aliphatic heterocycles. The molecule has 3 amide bonds. The predicted octanol–water partition coefficient (Wildman–Crippen LogP) is 4.06. The SMILES string of the molecule is O=C(O)c1cccc(NC(=O)c2cccc(N3C(=O)[C@@H]4C[C@@H](Br)[C@@H](Br)C[C@H]4C3=O)c2)c1. The third kappa shape index (κ3) is 4.16. The second-order valence-corrected chi connectivity index (χ2v) is 9.97. The fraction of sp³-hybridized carbons (Fsp3) is 0.273. The van der Waals surface area contributed by atoms with E-state index in [0.29, 0.717) is 24.2 Å². The van der Waals surface area contributed by atoms with E-state index in [1.165, 1.54) is 29.2 Å². The van der Waals surface area contributed by atoms with Crippen LogP contribution in [-0.2, 0) is 9.59 Å². The Morgan fingerprint density at radius 1 is 0.903 bits per heavy atom. The number of rotatable bonds is 4. The van der Waals surface area contributed by atoms with Gasteiger partial charge in [-0.15, -0.1) is 0 Å². The fourth-order valence-electron chi connectivity index (χ4n) is 4.07. The number of carboxylic acid groups (broad SMARTS) is 1. The first-order valence-electron chi connectivity index (χ1n) is 9.67. The zero-order valence-corrected chi connectivity index (χ0v) is 19.3. The normalized spacial score (nSPS) is 25.3. The summed E-state index contributed by atoms with van der Waals surface area (Å²) in [4.78, 5) is 51.2. The lowest BCUT2D eigenvalue weighted by Gasteiger charge is -2.29. The van der Waals surface area contributed by atoms with Crippen molar-refractivity contribution in [1.82, 2.24) is 0 Å². The number of carbonyl (C=O) groups is 4. The third-order valence-corrected chi connectivity index (χ3v) is 8.38. The van der Waals surface area contributed by atoms with E-state index >= 15 is 0 Å². The highest BCUT2D eigenvalue weighted by Gasteiger charge is 2.52. The van der Waals surface area contributed by atoms with Crippen molar-refractivity contribution in [1.29, 1.82) is 0 Å². The molecule has 2 aliphatic rings. The van der Waals surface area contributed by atoms with Gasteiger partial charge in [-0.3, -0.25) is 19.3 Å². The van der Waals surface area contributed by atoms with Crippen LogP contribution < -0.4 is 10.2 Å². The van der Waals surface area contributed by atoms with E-state index < -0.39 is 11.9 Å². The number of alkyl halides is 2. The number of hydrogen-bond donors (Lipinski definition) is 2. The number of carboxylic acids is 1. The number of benzene rings is 2. The average molecular weight is 550 g/mol. The van der Waals surface area contributed by atoms with Gasteiger partial charge >= 0.3 is 5.97 Å². The molecule has 2 N–H and O–H groups in total. The van der Waals surface area contributed by atoms with Gasteiger partial charge < -0.3 is 10.4 Å². The first-order chi connectivity index (χ1) is 14.8. The lowest BCUT2D eigenvalue weighted by atomic mass is 9.81. The van der Waals surface area contributed by atoms with Crippen molar-refractivity contribution in [2.24, 2.45) is 11.8 Å². The minimum atomic E-state index is -1.10. The number of hydrogen-bond acceptors (Lipinski definition) is 4. The van der Waals surface area contributed by atoms with E-state index in [1.54, 1.807) is 24.3 Å². The summed E-state index contributed by atoms with van der Waals surface area (Å²) >= 11 is 7.14. The van der Waals surface area contributed by atoms with Crippen LogP contribution in [0.15, 0.2) is 48.5 Å². The molecule has 2 fully saturated rings. The number of anilines is 2. The Morgan fingerprint density at radius 2 is 1.48 bits per heavy atom. The minimum Gasteiger partial charge on any atom is -0.478 e. The molecule has 4 atom stereocenters. The van der Waals surface area contributed by atoms with Crippen molar-refractivity contribution in [2.75, 3.05) is 10.2 Å². The van der Waals surface area contributed by atoms with Gasteiger partial charge in [0.2, 0.25) is 11.8 Å². The first-order valence-corrected chi connectivity index (χ1v) is 11.5. The van der Waals surface area contributed by atoms with Crippen LogP contribution in [0.2, 0.25) is 0 Å². The molecule has 1 saturated carbocycles. The van der Waals surface area contributed by atoms with E-state index in [9.17, 15) is 19.2 Å². The van der Waals surface area contributed by atoms with Crippen molar-refractivity contribution >= 4 is 66.9 Å². The van der Waals surface area contributed by atoms with E-state index in [1.807, 2.05) is 0 Å². The smallest absolute Gasteiger partial charge is 0.335 e. The topological polar surface area (TPSA) is 104 Å². The highest BCUT2D eigenvalue weighted by atomic mass is 79.9. The standard InChI is InChI=1S/C22H18Br2N2O5/c23-17-9-15-16(10-18(17)24)21(29)26(20(15)28)14-6-2-3-11(8-14)19(27)25-13-5-1-4-12(7-13)22(30)31/h1-8,15-18H,9-10H2,(H,25,27)(H,30,31)/t15-,16-,17-,18+/m1/s1. The number of imide groups is 1. The van der Waals surface area contributed by atoms with Crippen LogP contribution in [-0.4, -0.2) is 38.5 Å². The number of halogens is 2. The molecular weight excluding hydrogens is 532 g/mol. The van der Waals surface area contributed by atoms with Crippen molar-refractivity contribution in [3.05, 3.63) is 59.7 Å². The number of carbonyl (C=O) groups excluding carboxylic acids is 3. The zero-order chi connectivity index (χ0) is 22.3. The van der Waals surface area contributed by atoms with Crippen molar-refractivity contribution in [3.8, 4) is 0 Å². The molecule has 4 rings (SSSR count). The van der Waals surface area contributed by atoms with Crippen molar-refractivity contribution in [3.63, 3.8) is 0 Å². The highest BCUT2D eigenvalue weighted by molar-refractivity contribution is 9.12. The molecule has 2 aromatic carbocycles. The molecule has 0 unspecified atom stereocenters. The molecule has 31 heavy (non-hydrogen) atoms. The van der Waals surface area contributed by atoms with Gasteiger partial charge in [0.15, 0.2) is 0 Å². The summed E-state index contributed by atoms with van der Waals surface area (Å²) in [6, 6.07) is 12.2. The maximum absolute atomic E-state index is 13.0. The molecule has 2 aromatic rings. The second kappa shape index (κ2) is 8.55. The summed E-state index contributed by atoms with van der Waals surface area (Å²) < 4.78 is 0. The van der Waals surface area contributed by atoms with Gasteiger partial charge in [-0.05, 0) is 49.2 Å². The molecule has 160 valence electrons. The van der Waals surface area contributed by atoms with Crippen molar-refractivity contribution in [2.45, 2.75) is 22.5 Å². The number of nitrogens with zero attached hydrogens (tertiary/aromatic N) is 1. The van der Waals surface area contributed by atoms with Gasteiger partial charge in [-0.2, -0.15) is 0 Å². The predicted molar refractivity (Wildman–Crippen MR) is 122 cm³/mol. The van der Waals surface area contributed by atoms with Crippen LogP contribution in [0.25, 0.3) is 0 Å². The third-order valence-electron chi connectivity index (χ3n) is 5.65. The molecule has 7 nitrogen and oxygen atoms in total. The molecular formula is C22H18Br2N2O5. The van der Waals surface area contributed by atoms with Crippen LogP contribution in [0, 0.1) is 11.8 Å². The molecule has 9 heteroatoms. The molecule has 0 radical (unpaired) electrons. The van der Waals surface area contributed by atoms with Crippen molar-refractivity contribution < 1.29 is 24.3 Å². The van der Waals surface area contributed by atoms with Crippen LogP contribution >= 0.6 is 31.9 Å². The van der Waals surface area contributed by atoms with Gasteiger partial charge in [-0.25, -0.2) is 4.79 Å².